The maximum atomic E-state index is 11.2. The zero-order valence-corrected chi connectivity index (χ0v) is 11.4. The molecule has 0 aromatic carbocycles. The van der Waals surface area contributed by atoms with Crippen molar-refractivity contribution < 1.29 is 14.1 Å². The number of aromatic nitrogens is 2. The first kappa shape index (κ1) is 14.0. The van der Waals surface area contributed by atoms with E-state index >= 15 is 0 Å². The molecule has 17 heavy (non-hydrogen) atoms. The van der Waals surface area contributed by atoms with Crippen molar-refractivity contribution >= 4 is 17.7 Å². The molecule has 1 rings (SSSR count). The van der Waals surface area contributed by atoms with Gasteiger partial charge in [-0.15, -0.1) is 11.8 Å². The molecule has 0 fully saturated rings. The van der Waals surface area contributed by atoms with Crippen molar-refractivity contribution in [3.8, 4) is 0 Å². The van der Waals surface area contributed by atoms with Gasteiger partial charge in [-0.2, -0.15) is 4.98 Å². The van der Waals surface area contributed by atoms with Gasteiger partial charge < -0.3 is 9.26 Å². The van der Waals surface area contributed by atoms with Crippen LogP contribution in [0.25, 0.3) is 0 Å². The van der Waals surface area contributed by atoms with Gasteiger partial charge in [0.15, 0.2) is 5.82 Å². The summed E-state index contributed by atoms with van der Waals surface area (Å²) in [6.45, 7) is 6.00. The Kier molecular flexibility index (Phi) is 5.47. The molecular weight excluding hydrogens is 240 g/mol. The molecule has 1 aromatic heterocycles. The van der Waals surface area contributed by atoms with E-state index in [0.29, 0.717) is 17.6 Å². The van der Waals surface area contributed by atoms with Crippen LogP contribution >= 0.6 is 11.8 Å². The van der Waals surface area contributed by atoms with Gasteiger partial charge in [0.05, 0.1) is 12.9 Å². The fraction of sp³-hybridized carbons (Fsp3) is 0.727. The molecule has 96 valence electrons. The topological polar surface area (TPSA) is 65.2 Å². The van der Waals surface area contributed by atoms with E-state index in [2.05, 4.69) is 28.7 Å². The van der Waals surface area contributed by atoms with E-state index in [-0.39, 0.29) is 11.2 Å². The molecule has 6 heteroatoms. The summed E-state index contributed by atoms with van der Waals surface area (Å²) in [6, 6.07) is 0. The van der Waals surface area contributed by atoms with E-state index in [1.54, 1.807) is 6.92 Å². The lowest BCUT2D eigenvalue weighted by Crippen LogP contribution is -2.14. The Hall–Kier alpha value is -1.04. The molecule has 0 aliphatic heterocycles. The van der Waals surface area contributed by atoms with Gasteiger partial charge in [-0.25, -0.2) is 0 Å². The molecule has 0 saturated heterocycles. The second-order valence-electron chi connectivity index (χ2n) is 4.18. The summed E-state index contributed by atoms with van der Waals surface area (Å²) >= 11 is 1.42. The highest BCUT2D eigenvalue weighted by Crippen LogP contribution is 2.17. The highest BCUT2D eigenvalue weighted by molar-refractivity contribution is 7.99. The zero-order chi connectivity index (χ0) is 12.8. The van der Waals surface area contributed by atoms with Crippen LogP contribution in [-0.2, 0) is 21.7 Å². The number of thioether (sulfide) groups is 1. The third-order valence-corrected chi connectivity index (χ3v) is 3.20. The van der Waals surface area contributed by atoms with Crippen LogP contribution in [0.4, 0.5) is 0 Å². The van der Waals surface area contributed by atoms with Crippen LogP contribution in [0.2, 0.25) is 0 Å². The number of carbonyl (C=O) groups excluding carboxylic acids is 1. The summed E-state index contributed by atoms with van der Waals surface area (Å²) in [7, 11) is 1.38. The Morgan fingerprint density at radius 2 is 2.18 bits per heavy atom. The van der Waals surface area contributed by atoms with Crippen LogP contribution in [0.3, 0.4) is 0 Å². The zero-order valence-electron chi connectivity index (χ0n) is 10.6. The number of hydrogen-bond donors (Lipinski definition) is 0. The van der Waals surface area contributed by atoms with Crippen molar-refractivity contribution in [1.82, 2.24) is 10.1 Å². The predicted molar refractivity (Wildman–Crippen MR) is 65.6 cm³/mol. The Labute approximate surface area is 105 Å². The summed E-state index contributed by atoms with van der Waals surface area (Å²) in [6.07, 6.45) is 0.806. The van der Waals surface area contributed by atoms with Crippen molar-refractivity contribution in [2.24, 2.45) is 5.92 Å². The molecule has 1 aromatic rings. The van der Waals surface area contributed by atoms with Crippen LogP contribution < -0.4 is 0 Å². The Morgan fingerprint density at radius 3 is 2.76 bits per heavy atom. The summed E-state index contributed by atoms with van der Waals surface area (Å²) in [5.41, 5.74) is 0. The van der Waals surface area contributed by atoms with Gasteiger partial charge in [0, 0.05) is 6.42 Å². The first-order chi connectivity index (χ1) is 8.02. The highest BCUT2D eigenvalue weighted by atomic mass is 32.2. The minimum atomic E-state index is -0.239. The van der Waals surface area contributed by atoms with E-state index in [0.717, 1.165) is 12.2 Å². The molecule has 0 aliphatic carbocycles. The summed E-state index contributed by atoms with van der Waals surface area (Å²) in [4.78, 5) is 15.4. The Morgan fingerprint density at radius 1 is 1.47 bits per heavy atom. The van der Waals surface area contributed by atoms with Gasteiger partial charge in [0.1, 0.15) is 5.25 Å². The van der Waals surface area contributed by atoms with Gasteiger partial charge in [-0.1, -0.05) is 19.0 Å². The van der Waals surface area contributed by atoms with E-state index in [4.69, 9.17) is 4.52 Å². The number of nitrogens with zero attached hydrogens (tertiary/aromatic N) is 2. The van der Waals surface area contributed by atoms with Crippen molar-refractivity contribution in [3.05, 3.63) is 11.7 Å². The number of methoxy groups -OCH3 is 1. The van der Waals surface area contributed by atoms with E-state index in [9.17, 15) is 4.79 Å². The number of hydrogen-bond acceptors (Lipinski definition) is 6. The molecule has 0 saturated carbocycles. The van der Waals surface area contributed by atoms with Gasteiger partial charge in [0.25, 0.3) is 0 Å². The average molecular weight is 258 g/mol. The maximum Gasteiger partial charge on any atom is 0.318 e. The SMILES string of the molecule is COC(=O)C(C)SCc1nc(CC(C)C)no1. The minimum absolute atomic E-state index is 0.222. The number of rotatable bonds is 6. The van der Waals surface area contributed by atoms with Gasteiger partial charge in [0.2, 0.25) is 5.89 Å². The van der Waals surface area contributed by atoms with Crippen LogP contribution in [0, 0.1) is 5.92 Å². The highest BCUT2D eigenvalue weighted by Gasteiger charge is 2.15. The molecule has 1 unspecified atom stereocenters. The monoisotopic (exact) mass is 258 g/mol. The number of ether oxygens (including phenoxy) is 1. The Balaban J connectivity index is 2.42. The van der Waals surface area contributed by atoms with Crippen molar-refractivity contribution in [2.75, 3.05) is 7.11 Å². The van der Waals surface area contributed by atoms with E-state index in [1.807, 2.05) is 0 Å². The first-order valence-corrected chi connectivity index (χ1v) is 6.58. The largest absolute Gasteiger partial charge is 0.468 e. The van der Waals surface area contributed by atoms with Gasteiger partial charge in [-0.3, -0.25) is 4.79 Å². The number of esters is 1. The second-order valence-corrected chi connectivity index (χ2v) is 5.51. The Bertz CT molecular complexity index is 365. The normalized spacial score (nSPS) is 12.8. The van der Waals surface area contributed by atoms with Crippen LogP contribution in [0.5, 0.6) is 0 Å². The molecule has 0 radical (unpaired) electrons. The van der Waals surface area contributed by atoms with E-state index in [1.165, 1.54) is 18.9 Å². The molecule has 0 bridgehead atoms. The average Bonchev–Trinajstić information content (AvgIpc) is 2.71. The van der Waals surface area contributed by atoms with Crippen molar-refractivity contribution in [3.63, 3.8) is 0 Å². The fourth-order valence-electron chi connectivity index (χ4n) is 1.23. The summed E-state index contributed by atoms with van der Waals surface area (Å²) < 4.78 is 9.73. The minimum Gasteiger partial charge on any atom is -0.468 e. The predicted octanol–water partition coefficient (Wildman–Crippen LogP) is 2.06. The quantitative estimate of drug-likeness (QED) is 0.728. The van der Waals surface area contributed by atoms with Crippen LogP contribution in [0.1, 0.15) is 32.5 Å². The van der Waals surface area contributed by atoms with Crippen molar-refractivity contribution in [1.29, 1.82) is 0 Å². The lowest BCUT2D eigenvalue weighted by Gasteiger charge is -2.05. The molecule has 5 nitrogen and oxygen atoms in total. The molecule has 1 heterocycles. The fourth-order valence-corrected chi connectivity index (χ4v) is 1.97. The molecule has 0 aliphatic rings. The second kappa shape index (κ2) is 6.64. The van der Waals surface area contributed by atoms with Crippen LogP contribution in [0.15, 0.2) is 4.52 Å². The third kappa shape index (κ3) is 4.77. The van der Waals surface area contributed by atoms with Gasteiger partial charge in [-0.05, 0) is 12.8 Å². The number of carbonyl (C=O) groups is 1. The van der Waals surface area contributed by atoms with Gasteiger partial charge >= 0.3 is 5.97 Å². The summed E-state index contributed by atoms with van der Waals surface area (Å²) in [5.74, 6) is 2.07. The molecule has 0 N–H and O–H groups in total. The first-order valence-electron chi connectivity index (χ1n) is 5.53. The van der Waals surface area contributed by atoms with Crippen LogP contribution in [-0.4, -0.2) is 28.5 Å². The smallest absolute Gasteiger partial charge is 0.318 e. The lowest BCUT2D eigenvalue weighted by molar-refractivity contribution is -0.139. The molecule has 0 spiro atoms. The standard InChI is InChI=1S/C11H18N2O3S/c1-7(2)5-9-12-10(16-13-9)6-17-8(3)11(14)15-4/h7-8H,5-6H2,1-4H3. The molecule has 0 amide bonds. The molecule has 1 atom stereocenters. The van der Waals surface area contributed by atoms with Crippen molar-refractivity contribution in [2.45, 2.75) is 38.2 Å². The third-order valence-electron chi connectivity index (χ3n) is 2.09. The maximum absolute atomic E-state index is 11.2. The molecular formula is C11H18N2O3S. The lowest BCUT2D eigenvalue weighted by atomic mass is 10.1. The summed E-state index contributed by atoms with van der Waals surface area (Å²) in [5, 5.41) is 3.66. The van der Waals surface area contributed by atoms with E-state index < -0.39 is 0 Å².